The van der Waals surface area contributed by atoms with Gasteiger partial charge in [0.2, 0.25) is 0 Å². The standard InChI is InChI=1S/C14H26O4/c1-6-17-12(15)11(10(2)3)14(16)7-8-18-13(4,5)9-14/h10-11,16H,6-9H2,1-5H3. The molecule has 2 unspecified atom stereocenters. The molecule has 1 saturated heterocycles. The molecule has 0 saturated carbocycles. The predicted octanol–water partition coefficient (Wildman–Crippen LogP) is 2.14. The third-order valence-electron chi connectivity index (χ3n) is 3.55. The van der Waals surface area contributed by atoms with Gasteiger partial charge in [-0.05, 0) is 26.7 Å². The number of hydrogen-bond acceptors (Lipinski definition) is 4. The summed E-state index contributed by atoms with van der Waals surface area (Å²) >= 11 is 0. The van der Waals surface area contributed by atoms with Crippen molar-refractivity contribution in [2.24, 2.45) is 11.8 Å². The van der Waals surface area contributed by atoms with E-state index in [9.17, 15) is 9.90 Å². The van der Waals surface area contributed by atoms with Crippen LogP contribution >= 0.6 is 0 Å². The maximum absolute atomic E-state index is 12.1. The highest BCUT2D eigenvalue weighted by atomic mass is 16.5. The predicted molar refractivity (Wildman–Crippen MR) is 69.2 cm³/mol. The summed E-state index contributed by atoms with van der Waals surface area (Å²) in [6.07, 6.45) is 0.944. The molecule has 0 aromatic heterocycles. The fraction of sp³-hybridized carbons (Fsp3) is 0.929. The zero-order valence-electron chi connectivity index (χ0n) is 12.2. The average Bonchev–Trinajstić information content (AvgIpc) is 2.13. The van der Waals surface area contributed by atoms with E-state index in [1.807, 2.05) is 27.7 Å². The van der Waals surface area contributed by atoms with E-state index in [1.54, 1.807) is 6.92 Å². The smallest absolute Gasteiger partial charge is 0.312 e. The van der Waals surface area contributed by atoms with Crippen LogP contribution in [0, 0.1) is 11.8 Å². The molecule has 0 amide bonds. The van der Waals surface area contributed by atoms with Crippen molar-refractivity contribution in [3.8, 4) is 0 Å². The lowest BCUT2D eigenvalue weighted by molar-refractivity contribution is -0.190. The molecule has 18 heavy (non-hydrogen) atoms. The minimum atomic E-state index is -1.03. The molecule has 2 atom stereocenters. The molecule has 1 fully saturated rings. The lowest BCUT2D eigenvalue weighted by Crippen LogP contribution is -2.54. The van der Waals surface area contributed by atoms with Crippen molar-refractivity contribution in [1.29, 1.82) is 0 Å². The van der Waals surface area contributed by atoms with Crippen LogP contribution in [0.5, 0.6) is 0 Å². The largest absolute Gasteiger partial charge is 0.466 e. The Morgan fingerprint density at radius 1 is 1.44 bits per heavy atom. The van der Waals surface area contributed by atoms with E-state index in [-0.39, 0.29) is 11.9 Å². The van der Waals surface area contributed by atoms with Crippen molar-refractivity contribution < 1.29 is 19.4 Å². The minimum Gasteiger partial charge on any atom is -0.466 e. The number of rotatable bonds is 4. The SMILES string of the molecule is CCOC(=O)C(C(C)C)C1(O)CCOC(C)(C)C1. The van der Waals surface area contributed by atoms with Gasteiger partial charge in [0.15, 0.2) is 0 Å². The molecule has 4 nitrogen and oxygen atoms in total. The van der Waals surface area contributed by atoms with Gasteiger partial charge in [0.05, 0.1) is 30.3 Å². The monoisotopic (exact) mass is 258 g/mol. The summed E-state index contributed by atoms with van der Waals surface area (Å²) in [6, 6.07) is 0. The number of esters is 1. The van der Waals surface area contributed by atoms with Crippen LogP contribution in [0.25, 0.3) is 0 Å². The van der Waals surface area contributed by atoms with Gasteiger partial charge in [-0.2, -0.15) is 0 Å². The number of carbonyl (C=O) groups is 1. The van der Waals surface area contributed by atoms with Crippen molar-refractivity contribution in [2.75, 3.05) is 13.2 Å². The van der Waals surface area contributed by atoms with E-state index in [0.29, 0.717) is 26.1 Å². The highest BCUT2D eigenvalue weighted by Crippen LogP contribution is 2.40. The van der Waals surface area contributed by atoms with Gasteiger partial charge in [-0.3, -0.25) is 4.79 Å². The summed E-state index contributed by atoms with van der Waals surface area (Å²) in [4.78, 5) is 12.1. The van der Waals surface area contributed by atoms with E-state index in [0.717, 1.165) is 0 Å². The van der Waals surface area contributed by atoms with Crippen molar-refractivity contribution in [3.63, 3.8) is 0 Å². The highest BCUT2D eigenvalue weighted by molar-refractivity contribution is 5.74. The molecule has 0 aromatic carbocycles. The molecule has 1 rings (SSSR count). The molecular weight excluding hydrogens is 232 g/mol. The number of carbonyl (C=O) groups excluding carboxylic acids is 1. The van der Waals surface area contributed by atoms with Crippen LogP contribution in [0.3, 0.4) is 0 Å². The topological polar surface area (TPSA) is 55.8 Å². The summed E-state index contributed by atoms with van der Waals surface area (Å²) in [5, 5.41) is 10.9. The van der Waals surface area contributed by atoms with Crippen LogP contribution in [0.15, 0.2) is 0 Å². The van der Waals surface area contributed by atoms with Crippen LogP contribution in [0.1, 0.15) is 47.5 Å². The van der Waals surface area contributed by atoms with E-state index >= 15 is 0 Å². The fourth-order valence-corrected chi connectivity index (χ4v) is 2.99. The molecule has 0 radical (unpaired) electrons. The molecule has 4 heteroatoms. The van der Waals surface area contributed by atoms with Crippen LogP contribution < -0.4 is 0 Å². The van der Waals surface area contributed by atoms with E-state index in [2.05, 4.69) is 0 Å². The molecule has 1 aliphatic heterocycles. The van der Waals surface area contributed by atoms with Gasteiger partial charge in [0, 0.05) is 12.8 Å². The molecule has 0 spiro atoms. The van der Waals surface area contributed by atoms with Crippen LogP contribution in [0.4, 0.5) is 0 Å². The second kappa shape index (κ2) is 5.57. The first-order valence-corrected chi connectivity index (χ1v) is 6.75. The first-order chi connectivity index (χ1) is 8.22. The normalized spacial score (nSPS) is 29.1. The molecule has 106 valence electrons. The maximum atomic E-state index is 12.1. The lowest BCUT2D eigenvalue weighted by Gasteiger charge is -2.45. The van der Waals surface area contributed by atoms with E-state index < -0.39 is 17.1 Å². The Hall–Kier alpha value is -0.610. The Bertz CT molecular complexity index is 298. The van der Waals surface area contributed by atoms with Gasteiger partial charge in [-0.1, -0.05) is 13.8 Å². The number of hydrogen-bond donors (Lipinski definition) is 1. The lowest BCUT2D eigenvalue weighted by atomic mass is 9.71. The second-order valence-corrected chi connectivity index (χ2v) is 6.11. The molecule has 0 aromatic rings. The summed E-state index contributed by atoms with van der Waals surface area (Å²) in [5.74, 6) is -0.740. The number of aliphatic hydroxyl groups is 1. The van der Waals surface area contributed by atoms with Gasteiger partial charge in [-0.25, -0.2) is 0 Å². The van der Waals surface area contributed by atoms with Gasteiger partial charge < -0.3 is 14.6 Å². The third-order valence-corrected chi connectivity index (χ3v) is 3.55. The average molecular weight is 258 g/mol. The Balaban J connectivity index is 2.93. The Morgan fingerprint density at radius 3 is 2.50 bits per heavy atom. The Kier molecular flexibility index (Phi) is 4.78. The van der Waals surface area contributed by atoms with E-state index in [4.69, 9.17) is 9.47 Å². The van der Waals surface area contributed by atoms with Crippen LogP contribution in [0.2, 0.25) is 0 Å². The summed E-state index contributed by atoms with van der Waals surface area (Å²) < 4.78 is 10.7. The maximum Gasteiger partial charge on any atom is 0.312 e. The molecule has 0 bridgehead atoms. The minimum absolute atomic E-state index is 0.0444. The Labute approximate surface area is 110 Å². The van der Waals surface area contributed by atoms with Gasteiger partial charge in [0.1, 0.15) is 0 Å². The third kappa shape index (κ3) is 3.45. The Morgan fingerprint density at radius 2 is 2.06 bits per heavy atom. The van der Waals surface area contributed by atoms with Gasteiger partial charge in [-0.15, -0.1) is 0 Å². The zero-order chi connectivity index (χ0) is 14.0. The van der Waals surface area contributed by atoms with Crippen LogP contribution in [-0.4, -0.2) is 35.5 Å². The molecule has 1 heterocycles. The number of ether oxygens (including phenoxy) is 2. The molecule has 1 N–H and O–H groups in total. The second-order valence-electron chi connectivity index (χ2n) is 6.11. The van der Waals surface area contributed by atoms with Crippen molar-refractivity contribution in [2.45, 2.75) is 58.7 Å². The fourth-order valence-electron chi connectivity index (χ4n) is 2.99. The highest BCUT2D eigenvalue weighted by Gasteiger charge is 2.49. The zero-order valence-corrected chi connectivity index (χ0v) is 12.2. The first kappa shape index (κ1) is 15.4. The molecule has 1 aliphatic rings. The van der Waals surface area contributed by atoms with Crippen LogP contribution in [-0.2, 0) is 14.3 Å². The van der Waals surface area contributed by atoms with Crippen molar-refractivity contribution >= 4 is 5.97 Å². The summed E-state index contributed by atoms with van der Waals surface area (Å²) in [7, 11) is 0. The van der Waals surface area contributed by atoms with Gasteiger partial charge >= 0.3 is 5.97 Å². The van der Waals surface area contributed by atoms with Crippen molar-refractivity contribution in [1.82, 2.24) is 0 Å². The quantitative estimate of drug-likeness (QED) is 0.785. The van der Waals surface area contributed by atoms with E-state index in [1.165, 1.54) is 0 Å². The van der Waals surface area contributed by atoms with Crippen molar-refractivity contribution in [3.05, 3.63) is 0 Å². The molecular formula is C14H26O4. The molecule has 0 aliphatic carbocycles. The van der Waals surface area contributed by atoms with Gasteiger partial charge in [0.25, 0.3) is 0 Å². The summed E-state index contributed by atoms with van der Waals surface area (Å²) in [5.41, 5.74) is -1.42. The summed E-state index contributed by atoms with van der Waals surface area (Å²) in [6.45, 7) is 10.4. The first-order valence-electron chi connectivity index (χ1n) is 6.75.